The first kappa shape index (κ1) is 52.0. The van der Waals surface area contributed by atoms with Crippen molar-refractivity contribution in [3.05, 3.63) is 154 Å². The SMILES string of the molecule is CC(C)(O)Cn1c(=O)n(Cc2ccc(Br)cc2)c(=O)c2cc(F)c(F)c(F)c21.NC1(F)C(F)(C(=O)NCc2ccc(Br)cc2)C=C(F)C(F)C1(F)F.Nc1c(C(=O)O)cc(F)c(F)c1F. The van der Waals surface area contributed by atoms with Crippen LogP contribution in [-0.4, -0.2) is 60.4 Å². The lowest BCUT2D eigenvalue weighted by Crippen LogP contribution is -2.74. The molecule has 7 N–H and O–H groups in total. The van der Waals surface area contributed by atoms with Crippen molar-refractivity contribution in [3.63, 3.8) is 0 Å². The van der Waals surface area contributed by atoms with Gasteiger partial charge in [-0.3, -0.25) is 24.5 Å². The standard InChI is InChI=1S/C19H16BrF3N2O3.C14H11BrF6N2O.C7H4F3NO2/c1-19(2,28)9-25-16-12(7-13(21)14(22)15(16)23)17(26)24(18(25)27)8-10-3-5-11(20)6-4-10;15-8-3-1-7(2-4-8)6-23-11(24)12(18)5-9(16)10(17)13(19,20)14(12,21)22;8-3-1-2(7(12)13)6(11)5(10)4(3)9/h3-7,28H,8-9H2,1-2H3;1-5,10H,6,22H2,(H,23,24);1H,11H2,(H,12,13). The van der Waals surface area contributed by atoms with Gasteiger partial charge in [0.25, 0.3) is 22.9 Å². The Kier molecular flexibility index (Phi) is 15.5. The van der Waals surface area contributed by atoms with Gasteiger partial charge in [0, 0.05) is 21.6 Å². The highest BCUT2D eigenvalue weighted by atomic mass is 79.9. The minimum absolute atomic E-state index is 0.159. The molecule has 1 aliphatic rings. The van der Waals surface area contributed by atoms with E-state index in [1.54, 1.807) is 36.4 Å². The van der Waals surface area contributed by atoms with Crippen LogP contribution < -0.4 is 28.0 Å². The van der Waals surface area contributed by atoms with E-state index in [9.17, 15) is 77.0 Å². The lowest BCUT2D eigenvalue weighted by Gasteiger charge is -2.42. The molecule has 6 rings (SSSR count). The number of hydrogen-bond acceptors (Lipinski definition) is 7. The second-order valence-electron chi connectivity index (χ2n) is 14.6. The molecule has 4 aromatic carbocycles. The molecule has 1 amide bonds. The zero-order valence-electron chi connectivity index (χ0n) is 32.9. The number of carbonyl (C=O) groups is 2. The van der Waals surface area contributed by atoms with Crippen LogP contribution in [0, 0.1) is 34.9 Å². The summed E-state index contributed by atoms with van der Waals surface area (Å²) in [5.41, 5.74) is 0.448. The number of halogens is 14. The molecule has 1 aromatic heterocycles. The summed E-state index contributed by atoms with van der Waals surface area (Å²) < 4.78 is 165. The molecule has 0 bridgehead atoms. The van der Waals surface area contributed by atoms with Gasteiger partial charge >= 0.3 is 17.6 Å². The fourth-order valence-electron chi connectivity index (χ4n) is 5.83. The van der Waals surface area contributed by atoms with Crippen molar-refractivity contribution in [2.24, 2.45) is 5.73 Å². The first-order valence-corrected chi connectivity index (χ1v) is 19.5. The molecule has 5 aromatic rings. The summed E-state index contributed by atoms with van der Waals surface area (Å²) in [5, 5.41) is 19.8. The Labute approximate surface area is 374 Å². The number of nitrogens with zero attached hydrogens (tertiary/aromatic N) is 2. The summed E-state index contributed by atoms with van der Waals surface area (Å²) in [4.78, 5) is 47.8. The number of amides is 1. The minimum Gasteiger partial charge on any atom is -0.478 e. The smallest absolute Gasteiger partial charge is 0.338 e. The van der Waals surface area contributed by atoms with Crippen LogP contribution in [0.15, 0.2) is 91.1 Å². The molecule has 0 aliphatic heterocycles. The quantitative estimate of drug-likeness (QED) is 0.0452. The lowest BCUT2D eigenvalue weighted by atomic mass is 9.80. The van der Waals surface area contributed by atoms with Crippen molar-refractivity contribution in [3.8, 4) is 0 Å². The van der Waals surface area contributed by atoms with Gasteiger partial charge in [-0.05, 0) is 61.4 Å². The highest BCUT2D eigenvalue weighted by Gasteiger charge is 2.75. The molecule has 3 unspecified atom stereocenters. The van der Waals surface area contributed by atoms with Crippen LogP contribution in [0.3, 0.4) is 0 Å². The molecule has 1 heterocycles. The van der Waals surface area contributed by atoms with Crippen molar-refractivity contribution in [2.75, 3.05) is 5.73 Å². The molecule has 3 atom stereocenters. The van der Waals surface area contributed by atoms with E-state index in [1.165, 1.54) is 26.0 Å². The summed E-state index contributed by atoms with van der Waals surface area (Å²) in [7, 11) is 0. The highest BCUT2D eigenvalue weighted by molar-refractivity contribution is 9.10. The Hall–Kier alpha value is -5.66. The maximum absolute atomic E-state index is 14.5. The van der Waals surface area contributed by atoms with Gasteiger partial charge in [0.05, 0.1) is 40.8 Å². The van der Waals surface area contributed by atoms with Gasteiger partial charge in [-0.2, -0.15) is 8.78 Å². The van der Waals surface area contributed by atoms with Crippen molar-refractivity contribution in [1.29, 1.82) is 0 Å². The average Bonchev–Trinajstić information content (AvgIpc) is 3.22. The topological polar surface area (TPSA) is 183 Å². The molecule has 0 radical (unpaired) electrons. The highest BCUT2D eigenvalue weighted by Crippen LogP contribution is 2.49. The average molecular weight is 1070 g/mol. The number of fused-ring (bicyclic) bond motifs is 1. The van der Waals surface area contributed by atoms with E-state index in [-0.39, 0.29) is 13.1 Å². The van der Waals surface area contributed by atoms with Gasteiger partial charge in [-0.1, -0.05) is 56.1 Å². The molecular weight excluding hydrogens is 1030 g/mol. The third kappa shape index (κ3) is 10.7. The molecule has 0 spiro atoms. The summed E-state index contributed by atoms with van der Waals surface area (Å²) in [6, 6.07) is 13.8. The number of rotatable bonds is 8. The van der Waals surface area contributed by atoms with E-state index in [0.717, 1.165) is 13.6 Å². The van der Waals surface area contributed by atoms with Crippen molar-refractivity contribution in [1.82, 2.24) is 14.5 Å². The molecule has 11 nitrogen and oxygen atoms in total. The first-order chi connectivity index (χ1) is 29.9. The van der Waals surface area contributed by atoms with Gasteiger partial charge in [0.1, 0.15) is 5.83 Å². The number of carboxylic acids is 1. The lowest BCUT2D eigenvalue weighted by molar-refractivity contribution is -0.223. The predicted octanol–water partition coefficient (Wildman–Crippen LogP) is 7.79. The van der Waals surface area contributed by atoms with Crippen molar-refractivity contribution in [2.45, 2.75) is 62.6 Å². The number of nitrogen functional groups attached to an aromatic ring is 1. The Morgan fingerprint density at radius 2 is 1.29 bits per heavy atom. The van der Waals surface area contributed by atoms with Crippen LogP contribution >= 0.6 is 31.9 Å². The Balaban J connectivity index is 0.000000227. The molecule has 0 saturated heterocycles. The largest absolute Gasteiger partial charge is 0.478 e. The van der Waals surface area contributed by atoms with Gasteiger partial charge in [0.15, 0.2) is 34.9 Å². The normalized spacial score (nSPS) is 19.0. The molecule has 65 heavy (non-hydrogen) atoms. The number of nitrogens with one attached hydrogen (secondary N) is 1. The number of alkyl halides is 5. The van der Waals surface area contributed by atoms with Gasteiger partial charge in [0.2, 0.25) is 6.17 Å². The van der Waals surface area contributed by atoms with E-state index in [1.807, 2.05) is 5.32 Å². The summed E-state index contributed by atoms with van der Waals surface area (Å²) >= 11 is 6.43. The van der Waals surface area contributed by atoms with Gasteiger partial charge < -0.3 is 21.3 Å². The second-order valence-corrected chi connectivity index (χ2v) is 16.4. The van der Waals surface area contributed by atoms with Gasteiger partial charge in [-0.15, -0.1) is 0 Å². The third-order valence-corrected chi connectivity index (χ3v) is 10.2. The van der Waals surface area contributed by atoms with Gasteiger partial charge in [-0.25, -0.2) is 53.5 Å². The Morgan fingerprint density at radius 3 is 1.80 bits per heavy atom. The maximum Gasteiger partial charge on any atom is 0.338 e. The Bertz CT molecular complexity index is 2800. The van der Waals surface area contributed by atoms with Crippen LogP contribution in [0.4, 0.5) is 58.4 Å². The van der Waals surface area contributed by atoms with Crippen LogP contribution in [0.5, 0.6) is 0 Å². The number of aromatic nitrogens is 2. The number of carboxylic acid groups (broad SMARTS) is 1. The van der Waals surface area contributed by atoms with E-state index >= 15 is 0 Å². The number of hydrogen-bond donors (Lipinski definition) is 5. The number of nitrogens with two attached hydrogens (primary N) is 2. The summed E-state index contributed by atoms with van der Waals surface area (Å²) in [5.74, 6) is -25.9. The zero-order chi connectivity index (χ0) is 49.3. The van der Waals surface area contributed by atoms with Crippen molar-refractivity contribution < 1.29 is 72.5 Å². The third-order valence-electron chi connectivity index (χ3n) is 9.18. The summed E-state index contributed by atoms with van der Waals surface area (Å²) in [6.45, 7) is 1.78. The van der Waals surface area contributed by atoms with Crippen LogP contribution in [0.25, 0.3) is 10.9 Å². The number of aliphatic hydroxyl groups is 1. The monoisotopic (exact) mass is 1060 g/mol. The van der Waals surface area contributed by atoms with E-state index < -0.39 is 128 Å². The number of allylic oxidation sites excluding steroid dienone is 1. The molecule has 0 saturated carbocycles. The maximum atomic E-state index is 14.5. The van der Waals surface area contributed by atoms with E-state index in [2.05, 4.69) is 37.6 Å². The van der Waals surface area contributed by atoms with E-state index in [0.29, 0.717) is 27.7 Å². The number of anilines is 1. The van der Waals surface area contributed by atoms with Crippen molar-refractivity contribution >= 4 is 60.3 Å². The second kappa shape index (κ2) is 19.4. The number of carbonyl (C=O) groups excluding carboxylic acids is 1. The van der Waals surface area contributed by atoms with E-state index in [4.69, 9.17) is 10.8 Å². The van der Waals surface area contributed by atoms with Crippen LogP contribution in [0.1, 0.15) is 35.3 Å². The number of aromatic carboxylic acids is 1. The molecule has 0 fully saturated rings. The van der Waals surface area contributed by atoms with Crippen LogP contribution in [-0.2, 0) is 24.4 Å². The molecule has 1 aliphatic carbocycles. The minimum atomic E-state index is -5.27. The predicted molar refractivity (Wildman–Crippen MR) is 216 cm³/mol. The molecule has 25 heteroatoms. The first-order valence-electron chi connectivity index (χ1n) is 17.9. The zero-order valence-corrected chi connectivity index (χ0v) is 36.1. The fourth-order valence-corrected chi connectivity index (χ4v) is 6.36. The molecular formula is C40H31Br2F12N5O6. The van der Waals surface area contributed by atoms with Crippen LogP contribution in [0.2, 0.25) is 0 Å². The number of benzene rings is 4. The molecule has 350 valence electrons. The summed E-state index contributed by atoms with van der Waals surface area (Å²) in [6.07, 6.45) is -4.28. The fraction of sp³-hybridized carbons (Fsp3) is 0.250. The Morgan fingerprint density at radius 1 is 0.800 bits per heavy atom.